The lowest BCUT2D eigenvalue weighted by Gasteiger charge is -2.09. The maximum Gasteiger partial charge on any atom is 0.271 e. The molecule has 0 aliphatic heterocycles. The highest BCUT2D eigenvalue weighted by Gasteiger charge is 2.10. The number of benzene rings is 1. The molecule has 0 fully saturated rings. The molecule has 0 radical (unpaired) electrons. The number of non-ortho nitro benzene ring substituents is 1. The van der Waals surface area contributed by atoms with E-state index in [9.17, 15) is 15.2 Å². The van der Waals surface area contributed by atoms with Gasteiger partial charge in [0.1, 0.15) is 11.4 Å². The molecule has 0 aliphatic carbocycles. The molecule has 20 heavy (non-hydrogen) atoms. The number of aromatic hydroxyl groups is 1. The third kappa shape index (κ3) is 3.16. The van der Waals surface area contributed by atoms with Crippen LogP contribution >= 0.6 is 11.6 Å². The lowest BCUT2D eigenvalue weighted by Crippen LogP contribution is -2.03. The topological polar surface area (TPSA) is 88.3 Å². The number of nitro groups is 1. The van der Waals surface area contributed by atoms with Crippen LogP contribution in [-0.2, 0) is 6.54 Å². The van der Waals surface area contributed by atoms with Gasteiger partial charge < -0.3 is 10.4 Å². The number of pyridine rings is 1. The molecular formula is C13H12ClN3O3. The Morgan fingerprint density at radius 2 is 2.15 bits per heavy atom. The van der Waals surface area contributed by atoms with E-state index in [0.29, 0.717) is 11.4 Å². The molecule has 0 saturated heterocycles. The van der Waals surface area contributed by atoms with Crippen molar-refractivity contribution in [3.8, 4) is 5.75 Å². The highest BCUT2D eigenvalue weighted by Crippen LogP contribution is 2.27. The van der Waals surface area contributed by atoms with Crippen molar-refractivity contribution < 1.29 is 10.0 Å². The molecule has 0 aliphatic rings. The van der Waals surface area contributed by atoms with Gasteiger partial charge in [0.15, 0.2) is 0 Å². The maximum absolute atomic E-state index is 10.6. The van der Waals surface area contributed by atoms with E-state index in [-0.39, 0.29) is 23.0 Å². The number of rotatable bonds is 4. The summed E-state index contributed by atoms with van der Waals surface area (Å²) in [5.74, 6) is 0.0844. The second-order valence-corrected chi connectivity index (χ2v) is 4.60. The molecule has 0 spiro atoms. The Morgan fingerprint density at radius 3 is 2.80 bits per heavy atom. The fourth-order valence-electron chi connectivity index (χ4n) is 1.67. The molecule has 0 saturated carbocycles. The van der Waals surface area contributed by atoms with Gasteiger partial charge >= 0.3 is 0 Å². The highest BCUT2D eigenvalue weighted by atomic mass is 35.5. The van der Waals surface area contributed by atoms with E-state index >= 15 is 0 Å². The first-order valence-corrected chi connectivity index (χ1v) is 6.18. The first kappa shape index (κ1) is 14.1. The van der Waals surface area contributed by atoms with Crippen LogP contribution in [0.2, 0.25) is 5.02 Å². The first-order valence-electron chi connectivity index (χ1n) is 5.80. The summed E-state index contributed by atoms with van der Waals surface area (Å²) in [6, 6.07) is 7.42. The van der Waals surface area contributed by atoms with Crippen LogP contribution in [0.3, 0.4) is 0 Å². The molecule has 0 bridgehead atoms. The van der Waals surface area contributed by atoms with Crippen LogP contribution in [0.5, 0.6) is 5.75 Å². The summed E-state index contributed by atoms with van der Waals surface area (Å²) in [4.78, 5) is 14.3. The molecule has 104 valence electrons. The van der Waals surface area contributed by atoms with Gasteiger partial charge in [-0.05, 0) is 25.1 Å². The molecule has 7 heteroatoms. The molecule has 2 N–H and O–H groups in total. The van der Waals surface area contributed by atoms with Gasteiger partial charge in [-0.15, -0.1) is 0 Å². The van der Waals surface area contributed by atoms with Crippen LogP contribution in [0.4, 0.5) is 11.4 Å². The van der Waals surface area contributed by atoms with Crippen molar-refractivity contribution in [3.63, 3.8) is 0 Å². The number of aromatic nitrogens is 1. The zero-order valence-electron chi connectivity index (χ0n) is 10.6. The van der Waals surface area contributed by atoms with E-state index in [2.05, 4.69) is 10.3 Å². The molecule has 0 atom stereocenters. The lowest BCUT2D eigenvalue weighted by molar-refractivity contribution is -0.384. The van der Waals surface area contributed by atoms with Crippen molar-refractivity contribution in [1.29, 1.82) is 0 Å². The summed E-state index contributed by atoms with van der Waals surface area (Å²) in [6.07, 6.45) is 0. The molecule has 2 rings (SSSR count). The fourth-order valence-corrected chi connectivity index (χ4v) is 1.91. The van der Waals surface area contributed by atoms with Gasteiger partial charge in [0, 0.05) is 17.8 Å². The van der Waals surface area contributed by atoms with Crippen LogP contribution < -0.4 is 5.32 Å². The molecule has 6 nitrogen and oxygen atoms in total. The minimum Gasteiger partial charge on any atom is -0.506 e. The van der Waals surface area contributed by atoms with Crippen LogP contribution in [0.15, 0.2) is 30.3 Å². The first-order chi connectivity index (χ1) is 9.47. The summed E-state index contributed by atoms with van der Waals surface area (Å²) < 4.78 is 0. The van der Waals surface area contributed by atoms with Crippen LogP contribution in [0, 0.1) is 17.0 Å². The van der Waals surface area contributed by atoms with E-state index in [0.717, 1.165) is 5.69 Å². The van der Waals surface area contributed by atoms with Gasteiger partial charge in [-0.3, -0.25) is 15.1 Å². The molecule has 1 aromatic carbocycles. The molecule has 0 amide bonds. The summed E-state index contributed by atoms with van der Waals surface area (Å²) in [7, 11) is 0. The van der Waals surface area contributed by atoms with E-state index < -0.39 is 4.92 Å². The van der Waals surface area contributed by atoms with Gasteiger partial charge in [-0.1, -0.05) is 11.6 Å². The Labute approximate surface area is 120 Å². The number of hydrogen-bond donors (Lipinski definition) is 2. The summed E-state index contributed by atoms with van der Waals surface area (Å²) in [5.41, 5.74) is 1.74. The van der Waals surface area contributed by atoms with E-state index in [1.165, 1.54) is 18.2 Å². The molecule has 2 aromatic rings. The molecule has 0 unspecified atom stereocenters. The van der Waals surface area contributed by atoms with Crippen molar-refractivity contribution in [2.24, 2.45) is 0 Å². The largest absolute Gasteiger partial charge is 0.506 e. The average Bonchev–Trinajstić information content (AvgIpc) is 2.40. The number of nitrogens with one attached hydrogen (secondary N) is 1. The number of aryl methyl sites for hydroxylation is 1. The molecular weight excluding hydrogens is 282 g/mol. The van der Waals surface area contributed by atoms with Crippen molar-refractivity contribution in [3.05, 3.63) is 56.9 Å². The van der Waals surface area contributed by atoms with Gasteiger partial charge in [-0.2, -0.15) is 0 Å². The number of nitro benzene ring substituents is 1. The predicted octanol–water partition coefficient (Wildman–Crippen LogP) is 3.27. The Kier molecular flexibility index (Phi) is 4.05. The third-order valence-electron chi connectivity index (χ3n) is 2.70. The van der Waals surface area contributed by atoms with Crippen LogP contribution in [0.25, 0.3) is 0 Å². The summed E-state index contributed by atoms with van der Waals surface area (Å²) in [5, 5.41) is 23.5. The monoisotopic (exact) mass is 293 g/mol. The van der Waals surface area contributed by atoms with Gasteiger partial charge in [0.25, 0.3) is 5.69 Å². The van der Waals surface area contributed by atoms with E-state index in [1.807, 2.05) is 6.92 Å². The zero-order valence-corrected chi connectivity index (χ0v) is 11.4. The Hall–Kier alpha value is -2.34. The van der Waals surface area contributed by atoms with Crippen LogP contribution in [0.1, 0.15) is 11.4 Å². The van der Waals surface area contributed by atoms with Crippen molar-refractivity contribution in [1.82, 2.24) is 4.98 Å². The zero-order chi connectivity index (χ0) is 14.7. The normalized spacial score (nSPS) is 10.3. The maximum atomic E-state index is 10.6. The van der Waals surface area contributed by atoms with Crippen molar-refractivity contribution >= 4 is 23.0 Å². The Morgan fingerprint density at radius 1 is 1.40 bits per heavy atom. The predicted molar refractivity (Wildman–Crippen MR) is 76.1 cm³/mol. The minimum atomic E-state index is -0.510. The Balaban J connectivity index is 2.15. The van der Waals surface area contributed by atoms with Crippen molar-refractivity contribution in [2.75, 3.05) is 5.32 Å². The molecule has 1 heterocycles. The van der Waals surface area contributed by atoms with Gasteiger partial charge in [0.2, 0.25) is 0 Å². The van der Waals surface area contributed by atoms with E-state index in [1.54, 1.807) is 12.1 Å². The number of anilines is 1. The quantitative estimate of drug-likeness (QED) is 0.667. The second-order valence-electron chi connectivity index (χ2n) is 4.19. The fraction of sp³-hybridized carbons (Fsp3) is 0.154. The third-order valence-corrected chi connectivity index (χ3v) is 3.01. The number of hydrogen-bond acceptors (Lipinski definition) is 5. The minimum absolute atomic E-state index is 0.0722. The summed E-state index contributed by atoms with van der Waals surface area (Å²) >= 11 is 5.96. The SMILES string of the molecule is Cc1ccc(O)c(CNc2ccc([N+](=O)[O-])cc2Cl)n1. The van der Waals surface area contributed by atoms with Gasteiger partial charge in [0.05, 0.1) is 22.2 Å². The molecule has 1 aromatic heterocycles. The second kappa shape index (κ2) is 5.75. The number of halogens is 1. The standard InChI is InChI=1S/C13H12ClN3O3/c1-8-2-5-13(18)12(16-8)7-15-11-4-3-9(17(19)20)6-10(11)14/h2-6,15,18H,7H2,1H3. The number of nitrogens with zero attached hydrogens (tertiary/aromatic N) is 2. The highest BCUT2D eigenvalue weighted by molar-refractivity contribution is 6.33. The smallest absolute Gasteiger partial charge is 0.271 e. The lowest BCUT2D eigenvalue weighted by atomic mass is 10.2. The van der Waals surface area contributed by atoms with E-state index in [4.69, 9.17) is 11.6 Å². The van der Waals surface area contributed by atoms with Crippen molar-refractivity contribution in [2.45, 2.75) is 13.5 Å². The van der Waals surface area contributed by atoms with Gasteiger partial charge in [-0.25, -0.2) is 0 Å². The summed E-state index contributed by atoms with van der Waals surface area (Å²) in [6.45, 7) is 2.09. The van der Waals surface area contributed by atoms with Crippen LogP contribution in [-0.4, -0.2) is 15.0 Å². The average molecular weight is 294 g/mol. The Bertz CT molecular complexity index is 661.